The van der Waals surface area contributed by atoms with Crippen molar-refractivity contribution < 1.29 is 14.3 Å². The Hall–Kier alpha value is -2.51. The molecule has 2 aromatic carbocycles. The van der Waals surface area contributed by atoms with E-state index in [1.54, 1.807) is 28.8 Å². The summed E-state index contributed by atoms with van der Waals surface area (Å²) in [4.78, 5) is 29.7. The van der Waals surface area contributed by atoms with Gasteiger partial charge in [-0.3, -0.25) is 9.59 Å². The summed E-state index contributed by atoms with van der Waals surface area (Å²) in [6.07, 6.45) is 0. The summed E-state index contributed by atoms with van der Waals surface area (Å²) in [5, 5.41) is 3.03. The highest BCUT2D eigenvalue weighted by Crippen LogP contribution is 2.27. The Bertz CT molecular complexity index is 884. The second-order valence-corrected chi connectivity index (χ2v) is 8.24. The SMILES string of the molecule is Cc1cc(N2CCOCC2)ccc1NC(=O)[C@@H]1CSCN1C(=O)c1ccccc1. The highest BCUT2D eigenvalue weighted by atomic mass is 32.2. The Kier molecular flexibility index (Phi) is 6.06. The average Bonchev–Trinajstić information content (AvgIpc) is 3.26. The molecular weight excluding hydrogens is 386 g/mol. The number of amides is 2. The van der Waals surface area contributed by atoms with E-state index in [0.29, 0.717) is 17.2 Å². The van der Waals surface area contributed by atoms with Crippen LogP contribution < -0.4 is 10.2 Å². The Morgan fingerprint density at radius 1 is 1.10 bits per heavy atom. The summed E-state index contributed by atoms with van der Waals surface area (Å²) in [7, 11) is 0. The first kappa shape index (κ1) is 19.8. The quantitative estimate of drug-likeness (QED) is 0.838. The lowest BCUT2D eigenvalue weighted by Gasteiger charge is -2.29. The second-order valence-electron chi connectivity index (χ2n) is 7.24. The fourth-order valence-electron chi connectivity index (χ4n) is 3.63. The normalized spacial score (nSPS) is 19.3. The number of nitrogens with zero attached hydrogens (tertiary/aromatic N) is 2. The summed E-state index contributed by atoms with van der Waals surface area (Å²) in [6, 6.07) is 14.7. The van der Waals surface area contributed by atoms with Crippen LogP contribution in [0.3, 0.4) is 0 Å². The zero-order chi connectivity index (χ0) is 20.2. The number of morpholine rings is 1. The van der Waals surface area contributed by atoms with Gasteiger partial charge in [-0.05, 0) is 42.8 Å². The second kappa shape index (κ2) is 8.88. The Balaban J connectivity index is 1.45. The molecule has 2 aromatic rings. The van der Waals surface area contributed by atoms with Gasteiger partial charge in [-0.15, -0.1) is 11.8 Å². The highest BCUT2D eigenvalue weighted by molar-refractivity contribution is 7.99. The molecule has 2 aliphatic heterocycles. The minimum absolute atomic E-state index is 0.102. The first-order valence-electron chi connectivity index (χ1n) is 9.81. The van der Waals surface area contributed by atoms with Gasteiger partial charge in [0.25, 0.3) is 5.91 Å². The standard InChI is InChI=1S/C22H25N3O3S/c1-16-13-18(24-9-11-28-12-10-24)7-8-19(16)23-21(26)20-14-29-15-25(20)22(27)17-5-3-2-4-6-17/h2-8,13,20H,9-12,14-15H2,1H3,(H,23,26)/t20-/m0/s1. The lowest BCUT2D eigenvalue weighted by atomic mass is 10.1. The smallest absolute Gasteiger partial charge is 0.255 e. The van der Waals surface area contributed by atoms with Gasteiger partial charge < -0.3 is 19.9 Å². The van der Waals surface area contributed by atoms with Crippen LogP contribution in [0.2, 0.25) is 0 Å². The average molecular weight is 412 g/mol. The third-order valence-corrected chi connectivity index (χ3v) is 6.32. The molecule has 0 aromatic heterocycles. The Morgan fingerprint density at radius 3 is 2.59 bits per heavy atom. The number of thioether (sulfide) groups is 1. The number of rotatable bonds is 4. The maximum Gasteiger partial charge on any atom is 0.255 e. The first-order valence-corrected chi connectivity index (χ1v) is 11.0. The molecule has 0 radical (unpaired) electrons. The molecule has 152 valence electrons. The molecule has 0 saturated carbocycles. The van der Waals surface area contributed by atoms with Crippen molar-refractivity contribution in [3.63, 3.8) is 0 Å². The molecule has 2 saturated heterocycles. The number of hydrogen-bond acceptors (Lipinski definition) is 5. The van der Waals surface area contributed by atoms with Crippen LogP contribution in [0.1, 0.15) is 15.9 Å². The Morgan fingerprint density at radius 2 is 1.86 bits per heavy atom. The molecule has 0 bridgehead atoms. The van der Waals surface area contributed by atoms with Crippen LogP contribution >= 0.6 is 11.8 Å². The molecule has 7 heteroatoms. The number of anilines is 2. The van der Waals surface area contributed by atoms with Gasteiger partial charge in [0.2, 0.25) is 5.91 Å². The molecule has 2 aliphatic rings. The van der Waals surface area contributed by atoms with Crippen LogP contribution in [0.5, 0.6) is 0 Å². The molecular formula is C22H25N3O3S. The third-order valence-electron chi connectivity index (χ3n) is 5.31. The first-order chi connectivity index (χ1) is 14.1. The van der Waals surface area contributed by atoms with Crippen molar-refractivity contribution in [2.24, 2.45) is 0 Å². The van der Waals surface area contributed by atoms with E-state index in [1.165, 1.54) is 0 Å². The summed E-state index contributed by atoms with van der Waals surface area (Å²) in [5.74, 6) is 0.896. The van der Waals surface area contributed by atoms with E-state index in [4.69, 9.17) is 4.74 Å². The van der Waals surface area contributed by atoms with Gasteiger partial charge in [0, 0.05) is 35.8 Å². The molecule has 2 amide bonds. The third kappa shape index (κ3) is 4.41. The number of ether oxygens (including phenoxy) is 1. The molecule has 29 heavy (non-hydrogen) atoms. The van der Waals surface area contributed by atoms with Gasteiger partial charge in [-0.1, -0.05) is 18.2 Å². The fourth-order valence-corrected chi connectivity index (χ4v) is 4.78. The van der Waals surface area contributed by atoms with Crippen molar-refractivity contribution in [2.45, 2.75) is 13.0 Å². The fraction of sp³-hybridized carbons (Fsp3) is 0.364. The van der Waals surface area contributed by atoms with Gasteiger partial charge in [0.05, 0.1) is 19.1 Å². The van der Waals surface area contributed by atoms with Crippen molar-refractivity contribution in [1.82, 2.24) is 4.90 Å². The van der Waals surface area contributed by atoms with E-state index in [-0.39, 0.29) is 11.8 Å². The maximum atomic E-state index is 13.0. The Labute approximate surface area is 175 Å². The van der Waals surface area contributed by atoms with Crippen molar-refractivity contribution in [2.75, 3.05) is 48.1 Å². The van der Waals surface area contributed by atoms with E-state index in [2.05, 4.69) is 16.3 Å². The molecule has 2 fully saturated rings. The lowest BCUT2D eigenvalue weighted by Crippen LogP contribution is -2.44. The molecule has 6 nitrogen and oxygen atoms in total. The van der Waals surface area contributed by atoms with Crippen molar-refractivity contribution in [3.8, 4) is 0 Å². The summed E-state index contributed by atoms with van der Waals surface area (Å²) >= 11 is 1.60. The van der Waals surface area contributed by atoms with Gasteiger partial charge in [0.15, 0.2) is 0 Å². The van der Waals surface area contributed by atoms with E-state index >= 15 is 0 Å². The summed E-state index contributed by atoms with van der Waals surface area (Å²) < 4.78 is 5.41. The number of carbonyl (C=O) groups is 2. The molecule has 1 N–H and O–H groups in total. The number of nitrogens with one attached hydrogen (secondary N) is 1. The van der Waals surface area contributed by atoms with E-state index in [0.717, 1.165) is 43.2 Å². The number of benzene rings is 2. The van der Waals surface area contributed by atoms with Gasteiger partial charge in [-0.2, -0.15) is 0 Å². The maximum absolute atomic E-state index is 13.0. The van der Waals surface area contributed by atoms with Crippen molar-refractivity contribution in [1.29, 1.82) is 0 Å². The minimum Gasteiger partial charge on any atom is -0.378 e. The van der Waals surface area contributed by atoms with E-state index in [1.807, 2.05) is 37.3 Å². The molecule has 0 aliphatic carbocycles. The predicted octanol–water partition coefficient (Wildman–Crippen LogP) is 2.99. The summed E-state index contributed by atoms with van der Waals surface area (Å²) in [6.45, 7) is 5.22. The van der Waals surface area contributed by atoms with Crippen LogP contribution in [0.15, 0.2) is 48.5 Å². The molecule has 0 spiro atoms. The molecule has 4 rings (SSSR count). The number of hydrogen-bond donors (Lipinski definition) is 1. The van der Waals surface area contributed by atoms with Crippen LogP contribution in [-0.4, -0.2) is 60.7 Å². The van der Waals surface area contributed by atoms with Gasteiger partial charge in [0.1, 0.15) is 6.04 Å². The largest absolute Gasteiger partial charge is 0.378 e. The number of carbonyl (C=O) groups excluding carboxylic acids is 2. The molecule has 2 heterocycles. The van der Waals surface area contributed by atoms with Crippen LogP contribution in [0, 0.1) is 6.92 Å². The summed E-state index contributed by atoms with van der Waals surface area (Å²) in [5.41, 5.74) is 3.55. The number of aryl methyl sites for hydroxylation is 1. The monoisotopic (exact) mass is 411 g/mol. The van der Waals surface area contributed by atoms with Crippen LogP contribution in [-0.2, 0) is 9.53 Å². The van der Waals surface area contributed by atoms with E-state index < -0.39 is 6.04 Å². The van der Waals surface area contributed by atoms with Crippen LogP contribution in [0.4, 0.5) is 11.4 Å². The minimum atomic E-state index is -0.467. The van der Waals surface area contributed by atoms with E-state index in [9.17, 15) is 9.59 Å². The molecule has 1 atom stereocenters. The van der Waals surface area contributed by atoms with Crippen molar-refractivity contribution in [3.05, 3.63) is 59.7 Å². The zero-order valence-corrected chi connectivity index (χ0v) is 17.3. The van der Waals surface area contributed by atoms with Crippen LogP contribution in [0.25, 0.3) is 0 Å². The topological polar surface area (TPSA) is 61.9 Å². The van der Waals surface area contributed by atoms with Crippen molar-refractivity contribution >= 4 is 35.0 Å². The lowest BCUT2D eigenvalue weighted by molar-refractivity contribution is -0.119. The molecule has 0 unspecified atom stereocenters. The highest BCUT2D eigenvalue weighted by Gasteiger charge is 2.35. The predicted molar refractivity (Wildman–Crippen MR) is 117 cm³/mol. The van der Waals surface area contributed by atoms with Gasteiger partial charge in [-0.25, -0.2) is 0 Å². The zero-order valence-electron chi connectivity index (χ0n) is 16.5. The van der Waals surface area contributed by atoms with Gasteiger partial charge >= 0.3 is 0 Å².